The Balaban J connectivity index is 2.02. The highest BCUT2D eigenvalue weighted by Crippen LogP contribution is 2.26. The van der Waals surface area contributed by atoms with Crippen LogP contribution in [0.5, 0.6) is 11.5 Å². The number of amides is 1. The van der Waals surface area contributed by atoms with Gasteiger partial charge in [0.15, 0.2) is 6.61 Å². The molecule has 4 heteroatoms. The Bertz CT molecular complexity index is 569. The van der Waals surface area contributed by atoms with E-state index in [0.29, 0.717) is 11.5 Å². The molecule has 0 unspecified atom stereocenters. The Kier molecular flexibility index (Phi) is 4.60. The van der Waals surface area contributed by atoms with Crippen molar-refractivity contribution in [1.82, 2.24) is 0 Å². The minimum atomic E-state index is -0.140. The lowest BCUT2D eigenvalue weighted by Gasteiger charge is -2.20. The molecule has 0 radical (unpaired) electrons. The number of hydrogen-bond donors (Lipinski definition) is 0. The highest BCUT2D eigenvalue weighted by molar-refractivity contribution is 5.95. The van der Waals surface area contributed by atoms with Crippen molar-refractivity contribution in [1.29, 1.82) is 0 Å². The standard InChI is InChI=1S/C16H17NO3/c1-17(14-10-6-7-11-15(14)19-2)16(18)12-20-13-8-4-3-5-9-13/h3-11H,12H2,1-2H3. The van der Waals surface area contributed by atoms with Gasteiger partial charge in [-0.25, -0.2) is 0 Å². The van der Waals surface area contributed by atoms with Crippen LogP contribution in [0.3, 0.4) is 0 Å². The second kappa shape index (κ2) is 6.61. The highest BCUT2D eigenvalue weighted by atomic mass is 16.5. The molecule has 0 atom stereocenters. The number of anilines is 1. The van der Waals surface area contributed by atoms with Gasteiger partial charge >= 0.3 is 0 Å². The average molecular weight is 271 g/mol. The first kappa shape index (κ1) is 13.9. The number of carbonyl (C=O) groups is 1. The second-order valence-corrected chi connectivity index (χ2v) is 4.23. The fraction of sp³-hybridized carbons (Fsp3) is 0.188. The number of carbonyl (C=O) groups excluding carboxylic acids is 1. The van der Waals surface area contributed by atoms with Crippen molar-refractivity contribution in [3.8, 4) is 11.5 Å². The predicted molar refractivity (Wildman–Crippen MR) is 78.3 cm³/mol. The molecule has 0 fully saturated rings. The molecule has 0 aliphatic carbocycles. The summed E-state index contributed by atoms with van der Waals surface area (Å²) in [5.74, 6) is 1.19. The van der Waals surface area contributed by atoms with Gasteiger partial charge in [-0.05, 0) is 24.3 Å². The summed E-state index contributed by atoms with van der Waals surface area (Å²) >= 11 is 0. The molecule has 0 saturated carbocycles. The van der Waals surface area contributed by atoms with Gasteiger partial charge in [-0.15, -0.1) is 0 Å². The first-order valence-corrected chi connectivity index (χ1v) is 6.30. The molecule has 0 heterocycles. The average Bonchev–Trinajstić information content (AvgIpc) is 2.52. The van der Waals surface area contributed by atoms with Crippen LogP contribution in [0.15, 0.2) is 54.6 Å². The van der Waals surface area contributed by atoms with E-state index in [1.165, 1.54) is 4.90 Å². The van der Waals surface area contributed by atoms with Crippen molar-refractivity contribution < 1.29 is 14.3 Å². The number of benzene rings is 2. The molecule has 0 aliphatic rings. The van der Waals surface area contributed by atoms with E-state index in [4.69, 9.17) is 9.47 Å². The molecule has 0 aliphatic heterocycles. The highest BCUT2D eigenvalue weighted by Gasteiger charge is 2.15. The predicted octanol–water partition coefficient (Wildman–Crippen LogP) is 2.74. The van der Waals surface area contributed by atoms with Gasteiger partial charge in [0.2, 0.25) is 0 Å². The zero-order valence-electron chi connectivity index (χ0n) is 11.6. The van der Waals surface area contributed by atoms with Gasteiger partial charge in [-0.2, -0.15) is 0 Å². The Morgan fingerprint density at radius 1 is 1.05 bits per heavy atom. The molecule has 2 aromatic carbocycles. The van der Waals surface area contributed by atoms with Crippen LogP contribution in [0.2, 0.25) is 0 Å². The monoisotopic (exact) mass is 271 g/mol. The molecule has 2 aromatic rings. The molecular formula is C16H17NO3. The van der Waals surface area contributed by atoms with E-state index in [1.54, 1.807) is 14.2 Å². The van der Waals surface area contributed by atoms with E-state index in [-0.39, 0.29) is 12.5 Å². The lowest BCUT2D eigenvalue weighted by molar-refractivity contribution is -0.120. The maximum Gasteiger partial charge on any atom is 0.264 e. The molecule has 0 N–H and O–H groups in total. The van der Waals surface area contributed by atoms with Crippen molar-refractivity contribution in [2.75, 3.05) is 25.7 Å². The van der Waals surface area contributed by atoms with Crippen molar-refractivity contribution in [2.45, 2.75) is 0 Å². The van der Waals surface area contributed by atoms with Crippen molar-refractivity contribution >= 4 is 11.6 Å². The quantitative estimate of drug-likeness (QED) is 0.839. The first-order chi connectivity index (χ1) is 9.72. The van der Waals surface area contributed by atoms with Crippen molar-refractivity contribution in [3.05, 3.63) is 54.6 Å². The minimum absolute atomic E-state index is 0.0153. The maximum atomic E-state index is 12.1. The third-order valence-electron chi connectivity index (χ3n) is 2.93. The fourth-order valence-electron chi connectivity index (χ4n) is 1.80. The van der Waals surface area contributed by atoms with E-state index in [9.17, 15) is 4.79 Å². The molecule has 0 bridgehead atoms. The van der Waals surface area contributed by atoms with Crippen LogP contribution in [0.25, 0.3) is 0 Å². The van der Waals surface area contributed by atoms with Crippen molar-refractivity contribution in [2.24, 2.45) is 0 Å². The summed E-state index contributed by atoms with van der Waals surface area (Å²) in [5.41, 5.74) is 0.719. The largest absolute Gasteiger partial charge is 0.495 e. The van der Waals surface area contributed by atoms with Gasteiger partial charge in [0.1, 0.15) is 11.5 Å². The van der Waals surface area contributed by atoms with Crippen LogP contribution in [0, 0.1) is 0 Å². The van der Waals surface area contributed by atoms with Crippen LogP contribution < -0.4 is 14.4 Å². The van der Waals surface area contributed by atoms with Crippen LogP contribution >= 0.6 is 0 Å². The van der Waals surface area contributed by atoms with Gasteiger partial charge < -0.3 is 14.4 Å². The van der Waals surface area contributed by atoms with Crippen LogP contribution in [-0.4, -0.2) is 26.7 Å². The van der Waals surface area contributed by atoms with Gasteiger partial charge in [0.05, 0.1) is 12.8 Å². The third kappa shape index (κ3) is 3.29. The Morgan fingerprint density at radius 3 is 2.40 bits per heavy atom. The zero-order valence-corrected chi connectivity index (χ0v) is 11.6. The van der Waals surface area contributed by atoms with E-state index in [0.717, 1.165) is 5.69 Å². The summed E-state index contributed by atoms with van der Waals surface area (Å²) in [7, 11) is 3.28. The number of ether oxygens (including phenoxy) is 2. The van der Waals surface area contributed by atoms with Crippen LogP contribution in [0.4, 0.5) is 5.69 Å². The topological polar surface area (TPSA) is 38.8 Å². The number of methoxy groups -OCH3 is 1. The lowest BCUT2D eigenvalue weighted by atomic mass is 10.2. The molecule has 0 aromatic heterocycles. The molecular weight excluding hydrogens is 254 g/mol. The molecule has 104 valence electrons. The summed E-state index contributed by atoms with van der Waals surface area (Å²) in [6, 6.07) is 16.6. The van der Waals surface area contributed by atoms with E-state index in [2.05, 4.69) is 0 Å². The van der Waals surface area contributed by atoms with Gasteiger partial charge in [-0.1, -0.05) is 30.3 Å². The van der Waals surface area contributed by atoms with Crippen LogP contribution in [-0.2, 0) is 4.79 Å². The molecule has 4 nitrogen and oxygen atoms in total. The first-order valence-electron chi connectivity index (χ1n) is 6.30. The number of likely N-dealkylation sites (N-methyl/N-ethyl adjacent to an activating group) is 1. The van der Waals surface area contributed by atoms with Gasteiger partial charge in [0, 0.05) is 7.05 Å². The number of nitrogens with zero attached hydrogens (tertiary/aromatic N) is 1. The maximum absolute atomic E-state index is 12.1. The SMILES string of the molecule is COc1ccccc1N(C)C(=O)COc1ccccc1. The Morgan fingerprint density at radius 2 is 1.70 bits per heavy atom. The molecule has 20 heavy (non-hydrogen) atoms. The van der Waals surface area contributed by atoms with Crippen LogP contribution in [0.1, 0.15) is 0 Å². The molecule has 2 rings (SSSR count). The summed E-state index contributed by atoms with van der Waals surface area (Å²) in [5, 5.41) is 0. The minimum Gasteiger partial charge on any atom is -0.495 e. The number of rotatable bonds is 5. The lowest BCUT2D eigenvalue weighted by Crippen LogP contribution is -2.31. The number of para-hydroxylation sites is 3. The second-order valence-electron chi connectivity index (χ2n) is 4.23. The number of hydrogen-bond acceptors (Lipinski definition) is 3. The van der Waals surface area contributed by atoms with E-state index in [1.807, 2.05) is 54.6 Å². The van der Waals surface area contributed by atoms with E-state index >= 15 is 0 Å². The fourth-order valence-corrected chi connectivity index (χ4v) is 1.80. The Hall–Kier alpha value is -2.49. The zero-order chi connectivity index (χ0) is 14.4. The summed E-state index contributed by atoms with van der Waals surface area (Å²) in [6.45, 7) is -0.0153. The molecule has 0 spiro atoms. The normalized spacial score (nSPS) is 9.90. The molecule has 0 saturated heterocycles. The molecule has 1 amide bonds. The summed E-state index contributed by atoms with van der Waals surface area (Å²) in [6.07, 6.45) is 0. The third-order valence-corrected chi connectivity index (χ3v) is 2.93. The Labute approximate surface area is 118 Å². The van der Waals surface area contributed by atoms with Gasteiger partial charge in [-0.3, -0.25) is 4.79 Å². The van der Waals surface area contributed by atoms with Gasteiger partial charge in [0.25, 0.3) is 5.91 Å². The van der Waals surface area contributed by atoms with E-state index < -0.39 is 0 Å². The summed E-state index contributed by atoms with van der Waals surface area (Å²) in [4.78, 5) is 13.7. The summed E-state index contributed by atoms with van der Waals surface area (Å²) < 4.78 is 10.7. The smallest absolute Gasteiger partial charge is 0.264 e. The van der Waals surface area contributed by atoms with Crippen molar-refractivity contribution in [3.63, 3.8) is 0 Å².